The number of allylic oxidation sites excluding steroid dienone is 4. The van der Waals surface area contributed by atoms with Gasteiger partial charge in [-0.05, 0) is 20.4 Å². The molecule has 0 aromatic heterocycles. The summed E-state index contributed by atoms with van der Waals surface area (Å²) in [6, 6.07) is 0. The quantitative estimate of drug-likeness (QED) is 0.378. The molecule has 0 unspecified atom stereocenters. The summed E-state index contributed by atoms with van der Waals surface area (Å²) in [6.45, 7) is 29.4. The van der Waals surface area contributed by atoms with E-state index in [4.69, 9.17) is 0 Å². The van der Waals surface area contributed by atoms with Crippen LogP contribution in [0.1, 0.15) is 62.3 Å². The smallest absolute Gasteiger partial charge is 0.0194 e. The van der Waals surface area contributed by atoms with E-state index in [0.717, 1.165) is 6.54 Å². The summed E-state index contributed by atoms with van der Waals surface area (Å²) in [5.41, 5.74) is 2.65. The van der Waals surface area contributed by atoms with Crippen molar-refractivity contribution in [3.63, 3.8) is 0 Å². The third-order valence-electron chi connectivity index (χ3n) is 3.34. The number of hydrogen-bond donors (Lipinski definition) is 0. The Hall–Kier alpha value is 0.244. The fourth-order valence-electron chi connectivity index (χ4n) is 2.01. The summed E-state index contributed by atoms with van der Waals surface area (Å²) in [7, 11) is 0. The van der Waals surface area contributed by atoms with Crippen LogP contribution in [0.2, 0.25) is 0 Å². The molecule has 0 amide bonds. The number of likely N-dealkylation sites (N-methyl/N-ethyl adjacent to an activating group) is 1. The van der Waals surface area contributed by atoms with E-state index < -0.39 is 0 Å². The Balaban J connectivity index is -0.000000150. The summed E-state index contributed by atoms with van der Waals surface area (Å²) in [6.07, 6.45) is 6.25. The zero-order chi connectivity index (χ0) is 18.7. The molecule has 1 aliphatic rings. The Bertz CT molecular complexity index is 301. The number of rotatable bonds is 5. The summed E-state index contributed by atoms with van der Waals surface area (Å²) in [5.74, 6) is 0. The van der Waals surface area contributed by atoms with Crippen LogP contribution in [0.3, 0.4) is 0 Å². The van der Waals surface area contributed by atoms with Crippen molar-refractivity contribution in [3.8, 4) is 0 Å². The molecule has 1 aliphatic heterocycles. The van der Waals surface area contributed by atoms with Gasteiger partial charge in [0, 0.05) is 65.4 Å². The molecule has 0 aromatic rings. The van der Waals surface area contributed by atoms with Crippen LogP contribution in [0.4, 0.5) is 0 Å². The van der Waals surface area contributed by atoms with E-state index in [9.17, 15) is 0 Å². The van der Waals surface area contributed by atoms with E-state index in [2.05, 4.69) is 49.3 Å². The van der Waals surface area contributed by atoms with E-state index in [1.54, 1.807) is 0 Å². The number of piperazine rings is 1. The molecule has 0 bridgehead atoms. The molecule has 0 aromatic carbocycles. The van der Waals surface area contributed by atoms with Gasteiger partial charge in [0.2, 0.25) is 0 Å². The molecule has 1 saturated heterocycles. The Morgan fingerprint density at radius 1 is 0.840 bits per heavy atom. The van der Waals surface area contributed by atoms with Crippen molar-refractivity contribution in [2.45, 2.75) is 62.3 Å². The fourth-order valence-corrected chi connectivity index (χ4v) is 2.01. The normalized spacial score (nSPS) is 14.8. The molecule has 1 fully saturated rings. The van der Waals surface area contributed by atoms with Crippen LogP contribution in [-0.4, -0.2) is 49.1 Å². The minimum Gasteiger partial charge on any atom is -0.358 e. The molecule has 1 radical (unpaired) electrons. The van der Waals surface area contributed by atoms with E-state index in [1.165, 1.54) is 43.9 Å². The van der Waals surface area contributed by atoms with Crippen LogP contribution in [-0.2, 0) is 32.7 Å². The topological polar surface area (TPSA) is 6.48 Å². The van der Waals surface area contributed by atoms with Crippen molar-refractivity contribution in [2.75, 3.05) is 39.3 Å². The van der Waals surface area contributed by atoms with Gasteiger partial charge in [0.1, 0.15) is 0 Å². The second kappa shape index (κ2) is 29.0. The van der Waals surface area contributed by atoms with Gasteiger partial charge in [0.15, 0.2) is 0 Å². The molecule has 0 spiro atoms. The molecule has 0 aliphatic carbocycles. The van der Waals surface area contributed by atoms with Gasteiger partial charge in [0.25, 0.3) is 0 Å². The Labute approximate surface area is 186 Å². The van der Waals surface area contributed by atoms with E-state index in [1.807, 2.05) is 47.6 Å². The maximum absolute atomic E-state index is 3.76. The van der Waals surface area contributed by atoms with E-state index in [-0.39, 0.29) is 40.1 Å². The second-order valence-electron chi connectivity index (χ2n) is 4.84. The van der Waals surface area contributed by atoms with Gasteiger partial charge in [-0.25, -0.2) is 0 Å². The van der Waals surface area contributed by atoms with Crippen LogP contribution in [0, 0.1) is 7.43 Å². The van der Waals surface area contributed by atoms with Gasteiger partial charge in [-0.3, -0.25) is 4.90 Å². The molecule has 0 saturated carbocycles. The predicted molar refractivity (Wildman–Crippen MR) is 117 cm³/mol. The Morgan fingerprint density at radius 2 is 1.24 bits per heavy atom. The first-order valence-electron chi connectivity index (χ1n) is 9.57. The average Bonchev–Trinajstić information content (AvgIpc) is 2.65. The predicted octanol–water partition coefficient (Wildman–Crippen LogP) is 6.23. The molecule has 1 heterocycles. The SMILES string of the molecule is C=C/C(C)=C\C=C(/C)CN1CCN(CC)CC1.CC.CC.CC.[CH3-].[Y]. The minimum absolute atomic E-state index is 0. The molecule has 1 rings (SSSR count). The van der Waals surface area contributed by atoms with Gasteiger partial charge < -0.3 is 12.3 Å². The van der Waals surface area contributed by atoms with Crippen LogP contribution in [0.5, 0.6) is 0 Å². The summed E-state index contributed by atoms with van der Waals surface area (Å²) >= 11 is 0. The molecule has 0 atom stereocenters. The molecular formula is C22H47N2Y-. The zero-order valence-electron chi connectivity index (χ0n) is 19.2. The number of hydrogen-bond acceptors (Lipinski definition) is 2. The van der Waals surface area contributed by atoms with Gasteiger partial charge in [-0.2, -0.15) is 0 Å². The molecule has 25 heavy (non-hydrogen) atoms. The average molecular weight is 429 g/mol. The van der Waals surface area contributed by atoms with Crippen LogP contribution in [0.15, 0.2) is 36.0 Å². The van der Waals surface area contributed by atoms with Gasteiger partial charge >= 0.3 is 0 Å². The summed E-state index contributed by atoms with van der Waals surface area (Å²) in [5, 5.41) is 0. The van der Waals surface area contributed by atoms with E-state index >= 15 is 0 Å². The first-order chi connectivity index (χ1) is 11.2. The largest absolute Gasteiger partial charge is 0.358 e. The third-order valence-corrected chi connectivity index (χ3v) is 3.34. The maximum atomic E-state index is 3.76. The maximum Gasteiger partial charge on any atom is 0.0194 e. The molecular weight excluding hydrogens is 381 g/mol. The standard InChI is InChI=1S/C15H26N2.3C2H6.CH3.Y/c1-5-14(3)7-8-15(4)13-17-11-9-16(6-2)10-12-17;3*1-2;;/h5,7-8H,1,6,9-13H2,2-4H3;3*1-2H3;1H3;/q;;;;-1;/b14-7-,15-8+;;;;;. The van der Waals surface area contributed by atoms with Crippen molar-refractivity contribution < 1.29 is 32.7 Å². The molecule has 3 heteroatoms. The van der Waals surface area contributed by atoms with Gasteiger partial charge in [-0.1, -0.05) is 84.4 Å². The monoisotopic (exact) mass is 428 g/mol. The Morgan fingerprint density at radius 3 is 1.60 bits per heavy atom. The minimum atomic E-state index is 0. The molecule has 0 N–H and O–H groups in total. The van der Waals surface area contributed by atoms with Crippen molar-refractivity contribution in [1.29, 1.82) is 0 Å². The molecule has 149 valence electrons. The number of nitrogens with zero attached hydrogens (tertiary/aromatic N) is 2. The summed E-state index contributed by atoms with van der Waals surface area (Å²) in [4.78, 5) is 5.05. The third kappa shape index (κ3) is 22.2. The van der Waals surface area contributed by atoms with E-state index in [0.29, 0.717) is 0 Å². The van der Waals surface area contributed by atoms with Gasteiger partial charge in [0.05, 0.1) is 0 Å². The first kappa shape index (κ1) is 36.2. The second-order valence-corrected chi connectivity index (χ2v) is 4.84. The Kier molecular flexibility index (Phi) is 42.0. The van der Waals surface area contributed by atoms with Crippen molar-refractivity contribution >= 4 is 0 Å². The van der Waals surface area contributed by atoms with Crippen LogP contribution < -0.4 is 0 Å². The van der Waals surface area contributed by atoms with Crippen molar-refractivity contribution in [1.82, 2.24) is 9.80 Å². The molecule has 2 nitrogen and oxygen atoms in total. The van der Waals surface area contributed by atoms with Crippen molar-refractivity contribution in [3.05, 3.63) is 43.4 Å². The fraction of sp³-hybridized carbons (Fsp3) is 0.682. The summed E-state index contributed by atoms with van der Waals surface area (Å²) < 4.78 is 0. The van der Waals surface area contributed by atoms with Crippen LogP contribution in [0.25, 0.3) is 0 Å². The van der Waals surface area contributed by atoms with Crippen LogP contribution >= 0.6 is 0 Å². The first-order valence-corrected chi connectivity index (χ1v) is 9.57. The van der Waals surface area contributed by atoms with Gasteiger partial charge in [-0.15, -0.1) is 0 Å². The zero-order valence-corrected chi connectivity index (χ0v) is 22.0. The van der Waals surface area contributed by atoms with Crippen molar-refractivity contribution in [2.24, 2.45) is 0 Å².